The van der Waals surface area contributed by atoms with E-state index in [0.29, 0.717) is 18.5 Å². The van der Waals surface area contributed by atoms with E-state index in [1.54, 1.807) is 0 Å². The molecule has 98 valence electrons. The molecule has 0 aromatic carbocycles. The van der Waals surface area contributed by atoms with Crippen molar-refractivity contribution in [3.05, 3.63) is 0 Å². The molecule has 1 aliphatic heterocycles. The summed E-state index contributed by atoms with van der Waals surface area (Å²) in [4.78, 5) is 14.0. The molecule has 2 aliphatic rings. The minimum Gasteiger partial charge on any atom is -0.378 e. The first-order chi connectivity index (χ1) is 8.16. The number of hydrogen-bond acceptors (Lipinski definition) is 3. The normalized spacial score (nSPS) is 33.6. The molecule has 0 radical (unpaired) electrons. The van der Waals surface area contributed by atoms with Crippen molar-refractivity contribution in [3.8, 4) is 0 Å². The van der Waals surface area contributed by atoms with Crippen molar-refractivity contribution in [2.45, 2.75) is 63.1 Å². The molecule has 1 saturated carbocycles. The van der Waals surface area contributed by atoms with E-state index in [9.17, 15) is 4.79 Å². The van der Waals surface area contributed by atoms with Crippen molar-refractivity contribution in [3.63, 3.8) is 0 Å². The van der Waals surface area contributed by atoms with Crippen LogP contribution < -0.4 is 5.73 Å². The molecule has 0 aromatic rings. The number of carbonyl (C=O) groups is 1. The average molecular weight is 240 g/mol. The Morgan fingerprint density at radius 3 is 2.59 bits per heavy atom. The van der Waals surface area contributed by atoms with Crippen LogP contribution in [0.15, 0.2) is 0 Å². The summed E-state index contributed by atoms with van der Waals surface area (Å²) in [7, 11) is 1.93. The van der Waals surface area contributed by atoms with Gasteiger partial charge in [-0.25, -0.2) is 0 Å². The Labute approximate surface area is 103 Å². The molecule has 1 saturated heterocycles. The number of hydrogen-bond donors (Lipinski definition) is 1. The molecule has 0 spiro atoms. The third-order valence-corrected chi connectivity index (χ3v) is 4.11. The topological polar surface area (TPSA) is 55.6 Å². The maximum atomic E-state index is 12.1. The summed E-state index contributed by atoms with van der Waals surface area (Å²) in [5.74, 6) is 0.234. The van der Waals surface area contributed by atoms with Gasteiger partial charge in [-0.15, -0.1) is 0 Å². The second-order valence-electron chi connectivity index (χ2n) is 5.41. The maximum Gasteiger partial charge on any atom is 0.225 e. The zero-order chi connectivity index (χ0) is 12.3. The van der Waals surface area contributed by atoms with E-state index in [1.807, 2.05) is 11.9 Å². The fourth-order valence-corrected chi connectivity index (χ4v) is 2.84. The van der Waals surface area contributed by atoms with E-state index in [-0.39, 0.29) is 12.0 Å². The highest BCUT2D eigenvalue weighted by molar-refractivity contribution is 5.76. The molecule has 2 N–H and O–H groups in total. The predicted octanol–water partition coefficient (Wildman–Crippen LogP) is 1.28. The molecule has 1 unspecified atom stereocenters. The fraction of sp³-hybridized carbons (Fsp3) is 0.923. The van der Waals surface area contributed by atoms with Crippen LogP contribution in [0.1, 0.15) is 44.9 Å². The summed E-state index contributed by atoms with van der Waals surface area (Å²) in [6.07, 6.45) is 7.04. The summed E-state index contributed by atoms with van der Waals surface area (Å²) in [6, 6.07) is 0.733. The molecule has 1 amide bonds. The molecule has 4 nitrogen and oxygen atoms in total. The molecule has 1 aliphatic carbocycles. The summed E-state index contributed by atoms with van der Waals surface area (Å²) in [6.45, 7) is 0.819. The highest BCUT2D eigenvalue weighted by Gasteiger charge is 2.27. The standard InChI is InChI=1S/C13H24N2O2/c1-15(11-6-4-10(14)5-7-11)13(16)9-12-3-2-8-17-12/h10-12H,2-9,14H2,1H3. The molecule has 2 fully saturated rings. The molecule has 0 bridgehead atoms. The Balaban J connectivity index is 1.77. The van der Waals surface area contributed by atoms with Crippen molar-refractivity contribution in [2.24, 2.45) is 5.73 Å². The quantitative estimate of drug-likeness (QED) is 0.808. The van der Waals surface area contributed by atoms with E-state index in [2.05, 4.69) is 0 Å². The summed E-state index contributed by atoms with van der Waals surface area (Å²) in [5.41, 5.74) is 5.88. The van der Waals surface area contributed by atoms with E-state index in [1.165, 1.54) is 0 Å². The minimum absolute atomic E-state index is 0.163. The number of nitrogens with two attached hydrogens (primary N) is 1. The first kappa shape index (κ1) is 12.8. The van der Waals surface area contributed by atoms with Crippen molar-refractivity contribution < 1.29 is 9.53 Å². The third kappa shape index (κ3) is 3.42. The van der Waals surface area contributed by atoms with Gasteiger partial charge in [0.2, 0.25) is 5.91 Å². The molecule has 4 heteroatoms. The lowest BCUT2D eigenvalue weighted by Crippen LogP contribution is -2.42. The Morgan fingerprint density at radius 1 is 1.29 bits per heavy atom. The lowest BCUT2D eigenvalue weighted by molar-refractivity contribution is -0.134. The first-order valence-electron chi connectivity index (χ1n) is 6.79. The van der Waals surface area contributed by atoms with Gasteiger partial charge in [-0.3, -0.25) is 4.79 Å². The maximum absolute atomic E-state index is 12.1. The van der Waals surface area contributed by atoms with Gasteiger partial charge in [-0.05, 0) is 38.5 Å². The second-order valence-corrected chi connectivity index (χ2v) is 5.41. The second kappa shape index (κ2) is 5.83. The SMILES string of the molecule is CN(C(=O)CC1CCCO1)C1CCC(N)CC1. The van der Waals surface area contributed by atoms with Gasteiger partial charge in [0.15, 0.2) is 0 Å². The predicted molar refractivity (Wildman–Crippen MR) is 66.6 cm³/mol. The van der Waals surface area contributed by atoms with E-state index in [4.69, 9.17) is 10.5 Å². The number of amides is 1. The average Bonchev–Trinajstić information content (AvgIpc) is 2.82. The Hall–Kier alpha value is -0.610. The minimum atomic E-state index is 0.163. The van der Waals surface area contributed by atoms with Crippen LogP contribution in [0.4, 0.5) is 0 Å². The van der Waals surface area contributed by atoms with Gasteiger partial charge < -0.3 is 15.4 Å². The van der Waals surface area contributed by atoms with Gasteiger partial charge in [-0.1, -0.05) is 0 Å². The van der Waals surface area contributed by atoms with E-state index < -0.39 is 0 Å². The Bertz CT molecular complexity index is 256. The largest absolute Gasteiger partial charge is 0.378 e. The number of ether oxygens (including phenoxy) is 1. The lowest BCUT2D eigenvalue weighted by Gasteiger charge is -2.34. The van der Waals surface area contributed by atoms with Crippen LogP contribution in [-0.4, -0.2) is 42.6 Å². The highest BCUT2D eigenvalue weighted by atomic mass is 16.5. The molecule has 17 heavy (non-hydrogen) atoms. The van der Waals surface area contributed by atoms with Crippen LogP contribution in [0.3, 0.4) is 0 Å². The van der Waals surface area contributed by atoms with Gasteiger partial charge in [0.1, 0.15) is 0 Å². The van der Waals surface area contributed by atoms with E-state index in [0.717, 1.165) is 45.1 Å². The van der Waals surface area contributed by atoms with E-state index >= 15 is 0 Å². The first-order valence-corrected chi connectivity index (χ1v) is 6.79. The molecule has 2 rings (SSSR count). The van der Waals surface area contributed by atoms with Crippen LogP contribution in [0.5, 0.6) is 0 Å². The summed E-state index contributed by atoms with van der Waals surface area (Å²) in [5, 5.41) is 0. The summed E-state index contributed by atoms with van der Waals surface area (Å²) >= 11 is 0. The molecule has 1 atom stereocenters. The molecular weight excluding hydrogens is 216 g/mol. The fourth-order valence-electron chi connectivity index (χ4n) is 2.84. The Kier molecular flexibility index (Phi) is 4.40. The van der Waals surface area contributed by atoms with Gasteiger partial charge in [0.05, 0.1) is 12.5 Å². The van der Waals surface area contributed by atoms with Gasteiger partial charge in [0, 0.05) is 25.7 Å². The van der Waals surface area contributed by atoms with Crippen LogP contribution in [-0.2, 0) is 9.53 Å². The summed E-state index contributed by atoms with van der Waals surface area (Å²) < 4.78 is 5.51. The van der Waals surface area contributed by atoms with Gasteiger partial charge in [-0.2, -0.15) is 0 Å². The van der Waals surface area contributed by atoms with Gasteiger partial charge >= 0.3 is 0 Å². The molecular formula is C13H24N2O2. The smallest absolute Gasteiger partial charge is 0.225 e. The van der Waals surface area contributed by atoms with Crippen LogP contribution >= 0.6 is 0 Å². The highest BCUT2D eigenvalue weighted by Crippen LogP contribution is 2.23. The van der Waals surface area contributed by atoms with Crippen LogP contribution in [0.2, 0.25) is 0 Å². The zero-order valence-corrected chi connectivity index (χ0v) is 10.7. The Morgan fingerprint density at radius 2 is 2.00 bits per heavy atom. The van der Waals surface area contributed by atoms with Crippen LogP contribution in [0.25, 0.3) is 0 Å². The van der Waals surface area contributed by atoms with Crippen molar-refractivity contribution >= 4 is 5.91 Å². The number of carbonyl (C=O) groups excluding carboxylic acids is 1. The zero-order valence-electron chi connectivity index (χ0n) is 10.7. The van der Waals surface area contributed by atoms with Crippen molar-refractivity contribution in [1.29, 1.82) is 0 Å². The van der Waals surface area contributed by atoms with Gasteiger partial charge in [0.25, 0.3) is 0 Å². The van der Waals surface area contributed by atoms with Crippen molar-refractivity contribution in [1.82, 2.24) is 4.90 Å². The number of rotatable bonds is 3. The number of nitrogens with zero attached hydrogens (tertiary/aromatic N) is 1. The van der Waals surface area contributed by atoms with Crippen molar-refractivity contribution in [2.75, 3.05) is 13.7 Å². The third-order valence-electron chi connectivity index (χ3n) is 4.11. The monoisotopic (exact) mass is 240 g/mol. The molecule has 1 heterocycles. The molecule has 0 aromatic heterocycles. The van der Waals surface area contributed by atoms with Crippen LogP contribution in [0, 0.1) is 0 Å². The lowest BCUT2D eigenvalue weighted by atomic mass is 9.91.